The Morgan fingerprint density at radius 3 is 2.38 bits per heavy atom. The molecule has 0 saturated carbocycles. The van der Waals surface area contributed by atoms with Crippen molar-refractivity contribution in [2.45, 2.75) is 64.7 Å². The van der Waals surface area contributed by atoms with Crippen molar-refractivity contribution in [3.8, 4) is 11.5 Å². The highest BCUT2D eigenvalue weighted by Gasteiger charge is 2.31. The molecule has 0 unspecified atom stereocenters. The third-order valence-corrected chi connectivity index (χ3v) is 6.56. The zero-order chi connectivity index (χ0) is 23.3. The van der Waals surface area contributed by atoms with E-state index in [1.54, 1.807) is 12.0 Å². The zero-order valence-electron chi connectivity index (χ0n) is 18.9. The standard InChI is InChI=1S/C24H33NO5S2/c1-3-30-19-14-13-18(16-20(19)29-2)17-21-23(28)25(24(31)32-21)15-11-9-7-5-4-6-8-10-12-22(26)27/h13-14,16-17H,3-12,15H2,1-2H3,(H,26,27)/b21-17-. The minimum Gasteiger partial charge on any atom is -0.493 e. The van der Waals surface area contributed by atoms with Crippen molar-refractivity contribution >= 4 is 46.3 Å². The molecule has 1 aromatic carbocycles. The van der Waals surface area contributed by atoms with E-state index < -0.39 is 5.97 Å². The number of nitrogens with zero attached hydrogens (tertiary/aromatic N) is 1. The summed E-state index contributed by atoms with van der Waals surface area (Å²) in [4.78, 5) is 25.6. The van der Waals surface area contributed by atoms with Gasteiger partial charge in [0.05, 0.1) is 18.6 Å². The lowest BCUT2D eigenvalue weighted by atomic mass is 10.1. The third-order valence-electron chi connectivity index (χ3n) is 5.18. The molecule has 0 aromatic heterocycles. The Balaban J connectivity index is 1.75. The number of methoxy groups -OCH3 is 1. The predicted molar refractivity (Wildman–Crippen MR) is 133 cm³/mol. The maximum atomic E-state index is 12.8. The zero-order valence-corrected chi connectivity index (χ0v) is 20.6. The number of hydrogen-bond acceptors (Lipinski definition) is 6. The van der Waals surface area contributed by atoms with Gasteiger partial charge in [-0.05, 0) is 43.5 Å². The molecule has 2 rings (SSSR count). The number of carboxylic acid groups (broad SMARTS) is 1. The van der Waals surface area contributed by atoms with Crippen LogP contribution >= 0.6 is 24.0 Å². The Morgan fingerprint density at radius 1 is 1.09 bits per heavy atom. The van der Waals surface area contributed by atoms with Crippen LogP contribution in [0.25, 0.3) is 6.08 Å². The molecule has 0 atom stereocenters. The van der Waals surface area contributed by atoms with E-state index in [-0.39, 0.29) is 12.3 Å². The van der Waals surface area contributed by atoms with Gasteiger partial charge in [0.2, 0.25) is 0 Å². The number of amides is 1. The van der Waals surface area contributed by atoms with Crippen LogP contribution in [0.3, 0.4) is 0 Å². The van der Waals surface area contributed by atoms with Crippen molar-refractivity contribution in [1.29, 1.82) is 0 Å². The minimum absolute atomic E-state index is 0.0358. The van der Waals surface area contributed by atoms with Gasteiger partial charge >= 0.3 is 5.97 Å². The van der Waals surface area contributed by atoms with Gasteiger partial charge < -0.3 is 14.6 Å². The van der Waals surface area contributed by atoms with E-state index in [1.165, 1.54) is 11.8 Å². The predicted octanol–water partition coefficient (Wildman–Crippen LogP) is 5.89. The van der Waals surface area contributed by atoms with Gasteiger partial charge in [0.15, 0.2) is 11.5 Å². The van der Waals surface area contributed by atoms with E-state index in [1.807, 2.05) is 31.2 Å². The molecule has 176 valence electrons. The van der Waals surface area contributed by atoms with Crippen molar-refractivity contribution in [2.75, 3.05) is 20.3 Å². The number of ether oxygens (including phenoxy) is 2. The SMILES string of the molecule is CCOc1ccc(/C=C2\SC(=S)N(CCCCCCCCCCC(=O)O)C2=O)cc1OC. The maximum Gasteiger partial charge on any atom is 0.303 e. The first-order chi connectivity index (χ1) is 15.5. The van der Waals surface area contributed by atoms with Gasteiger partial charge in [-0.1, -0.05) is 68.6 Å². The number of carbonyl (C=O) groups excluding carboxylic acids is 1. The average molecular weight is 480 g/mol. The van der Waals surface area contributed by atoms with Crippen LogP contribution in [0.1, 0.15) is 70.3 Å². The number of rotatable bonds is 15. The van der Waals surface area contributed by atoms with E-state index >= 15 is 0 Å². The Kier molecular flexibility index (Phi) is 11.6. The third kappa shape index (κ3) is 8.47. The molecule has 1 saturated heterocycles. The van der Waals surface area contributed by atoms with Crippen molar-refractivity contribution in [2.24, 2.45) is 0 Å². The summed E-state index contributed by atoms with van der Waals surface area (Å²) in [5.74, 6) is 0.568. The molecular weight excluding hydrogens is 446 g/mol. The Hall–Kier alpha value is -2.06. The number of unbranched alkanes of at least 4 members (excludes halogenated alkanes) is 7. The summed E-state index contributed by atoms with van der Waals surface area (Å²) >= 11 is 6.77. The molecule has 1 amide bonds. The number of hydrogen-bond donors (Lipinski definition) is 1. The van der Waals surface area contributed by atoms with Gasteiger partial charge in [0.1, 0.15) is 4.32 Å². The number of thiocarbonyl (C=S) groups is 1. The van der Waals surface area contributed by atoms with E-state index in [2.05, 4.69) is 0 Å². The Labute approximate surface area is 200 Å². The van der Waals surface area contributed by atoms with Crippen molar-refractivity contribution in [3.63, 3.8) is 0 Å². The summed E-state index contributed by atoms with van der Waals surface area (Å²) in [6.45, 7) is 3.12. The quantitative estimate of drug-likeness (QED) is 0.191. The minimum atomic E-state index is -0.713. The molecule has 1 aromatic rings. The first-order valence-corrected chi connectivity index (χ1v) is 12.5. The second-order valence-electron chi connectivity index (χ2n) is 7.65. The van der Waals surface area contributed by atoms with Gasteiger partial charge in [0.25, 0.3) is 5.91 Å². The largest absolute Gasteiger partial charge is 0.493 e. The monoisotopic (exact) mass is 479 g/mol. The normalized spacial score (nSPS) is 14.9. The fourth-order valence-corrected chi connectivity index (χ4v) is 4.81. The van der Waals surface area contributed by atoms with Crippen LogP contribution in [0.15, 0.2) is 23.1 Å². The van der Waals surface area contributed by atoms with Crippen molar-refractivity contribution in [3.05, 3.63) is 28.7 Å². The van der Waals surface area contributed by atoms with Crippen LogP contribution in [-0.4, -0.2) is 46.5 Å². The molecule has 0 radical (unpaired) electrons. The molecule has 1 N–H and O–H groups in total. The van der Waals surface area contributed by atoms with Gasteiger partial charge in [0, 0.05) is 13.0 Å². The summed E-state index contributed by atoms with van der Waals surface area (Å²) in [5.41, 5.74) is 0.870. The molecule has 1 aliphatic rings. The van der Waals surface area contributed by atoms with Crippen LogP contribution < -0.4 is 9.47 Å². The maximum absolute atomic E-state index is 12.8. The van der Waals surface area contributed by atoms with Crippen molar-refractivity contribution < 1.29 is 24.2 Å². The summed E-state index contributed by atoms with van der Waals surface area (Å²) in [7, 11) is 1.60. The Bertz CT molecular complexity index is 825. The van der Waals surface area contributed by atoms with Crippen LogP contribution in [0.5, 0.6) is 11.5 Å². The van der Waals surface area contributed by atoms with Crippen LogP contribution in [0.2, 0.25) is 0 Å². The summed E-state index contributed by atoms with van der Waals surface area (Å²) in [6.07, 6.45) is 10.3. The van der Waals surface area contributed by atoms with Gasteiger partial charge in [-0.3, -0.25) is 14.5 Å². The van der Waals surface area contributed by atoms with E-state index in [0.717, 1.165) is 56.9 Å². The number of thioether (sulfide) groups is 1. The summed E-state index contributed by atoms with van der Waals surface area (Å²) < 4.78 is 11.5. The molecule has 1 heterocycles. The van der Waals surface area contributed by atoms with E-state index in [4.69, 9.17) is 26.8 Å². The molecule has 6 nitrogen and oxygen atoms in total. The van der Waals surface area contributed by atoms with Gasteiger partial charge in [-0.25, -0.2) is 0 Å². The van der Waals surface area contributed by atoms with E-state index in [0.29, 0.717) is 33.9 Å². The molecule has 8 heteroatoms. The smallest absolute Gasteiger partial charge is 0.303 e. The molecule has 0 bridgehead atoms. The fraction of sp³-hybridized carbons (Fsp3) is 0.542. The lowest BCUT2D eigenvalue weighted by molar-refractivity contribution is -0.137. The highest BCUT2D eigenvalue weighted by atomic mass is 32.2. The lowest BCUT2D eigenvalue weighted by Gasteiger charge is -2.14. The molecule has 1 aliphatic heterocycles. The summed E-state index contributed by atoms with van der Waals surface area (Å²) in [5, 5.41) is 8.63. The van der Waals surface area contributed by atoms with Crippen molar-refractivity contribution in [1.82, 2.24) is 4.90 Å². The first-order valence-electron chi connectivity index (χ1n) is 11.2. The molecule has 0 spiro atoms. The van der Waals surface area contributed by atoms with Crippen LogP contribution in [0, 0.1) is 0 Å². The first kappa shape index (κ1) is 26.2. The van der Waals surface area contributed by atoms with Crippen LogP contribution in [-0.2, 0) is 9.59 Å². The molecular formula is C24H33NO5S2. The second-order valence-corrected chi connectivity index (χ2v) is 9.32. The number of aliphatic carboxylic acids is 1. The van der Waals surface area contributed by atoms with E-state index in [9.17, 15) is 9.59 Å². The summed E-state index contributed by atoms with van der Waals surface area (Å²) in [6, 6.07) is 5.61. The second kappa shape index (κ2) is 14.2. The van der Waals surface area contributed by atoms with Gasteiger partial charge in [-0.15, -0.1) is 0 Å². The van der Waals surface area contributed by atoms with Crippen LogP contribution in [0.4, 0.5) is 0 Å². The average Bonchev–Trinajstić information content (AvgIpc) is 3.03. The topological polar surface area (TPSA) is 76.1 Å². The van der Waals surface area contributed by atoms with Gasteiger partial charge in [-0.2, -0.15) is 0 Å². The molecule has 1 fully saturated rings. The molecule has 0 aliphatic carbocycles. The number of benzene rings is 1. The highest BCUT2D eigenvalue weighted by molar-refractivity contribution is 8.26. The highest BCUT2D eigenvalue weighted by Crippen LogP contribution is 2.35. The lowest BCUT2D eigenvalue weighted by Crippen LogP contribution is -2.29. The molecule has 32 heavy (non-hydrogen) atoms. The Morgan fingerprint density at radius 2 is 1.75 bits per heavy atom. The fourth-order valence-electron chi connectivity index (χ4n) is 3.50. The number of carboxylic acids is 1. The number of carbonyl (C=O) groups is 2.